The van der Waals surface area contributed by atoms with E-state index in [1.54, 1.807) is 0 Å². The molecule has 0 N–H and O–H groups in total. The average Bonchev–Trinajstić information content (AvgIpc) is 3.56. The summed E-state index contributed by atoms with van der Waals surface area (Å²) in [6, 6.07) is 64.7. The highest BCUT2D eigenvalue weighted by molar-refractivity contribution is 6.11. The molecular weight excluding hydrogens is 645 g/mol. The minimum Gasteiger partial charge on any atom is -0.335 e. The lowest BCUT2D eigenvalue weighted by molar-refractivity contribution is 0.962. The number of fused-ring (bicyclic) bond motifs is 6. The Hall–Kier alpha value is -7.04. The van der Waals surface area contributed by atoms with Gasteiger partial charge in [0.2, 0.25) is 0 Å². The number of para-hydroxylation sites is 4. The Labute approximate surface area is 308 Å². The second-order valence-corrected chi connectivity index (χ2v) is 13.5. The molecule has 0 atom stereocenters. The summed E-state index contributed by atoms with van der Waals surface area (Å²) in [6.07, 6.45) is 0. The minimum atomic E-state index is 0.717. The number of benzene rings is 7. The zero-order chi connectivity index (χ0) is 35.3. The van der Waals surface area contributed by atoms with E-state index in [0.717, 1.165) is 51.7 Å². The van der Waals surface area contributed by atoms with Gasteiger partial charge in [-0.25, -0.2) is 4.98 Å². The van der Waals surface area contributed by atoms with Gasteiger partial charge in [0.25, 0.3) is 0 Å². The van der Waals surface area contributed by atoms with Crippen LogP contribution in [0.2, 0.25) is 0 Å². The van der Waals surface area contributed by atoms with Gasteiger partial charge in [-0.15, -0.1) is 0 Å². The topological polar surface area (TPSA) is 33.4 Å². The van der Waals surface area contributed by atoms with Crippen LogP contribution in [0, 0.1) is 0 Å². The quantitative estimate of drug-likeness (QED) is 0.164. The van der Waals surface area contributed by atoms with Crippen molar-refractivity contribution < 1.29 is 0 Å². The Morgan fingerprint density at radius 2 is 1.13 bits per heavy atom. The Morgan fingerprint density at radius 3 is 1.94 bits per heavy atom. The van der Waals surface area contributed by atoms with Crippen molar-refractivity contribution in [2.45, 2.75) is 6.54 Å². The van der Waals surface area contributed by atoms with Gasteiger partial charge in [-0.1, -0.05) is 121 Å². The third-order valence-electron chi connectivity index (χ3n) is 10.5. The molecule has 4 heteroatoms. The van der Waals surface area contributed by atoms with E-state index >= 15 is 0 Å². The van der Waals surface area contributed by atoms with Gasteiger partial charge in [0.05, 0.1) is 33.8 Å². The van der Waals surface area contributed by atoms with Crippen molar-refractivity contribution in [1.29, 1.82) is 0 Å². The molecule has 4 nitrogen and oxygen atoms in total. The van der Waals surface area contributed by atoms with Gasteiger partial charge in [-0.05, 0) is 89.6 Å². The van der Waals surface area contributed by atoms with Gasteiger partial charge >= 0.3 is 0 Å². The van der Waals surface area contributed by atoms with E-state index in [9.17, 15) is 0 Å². The molecule has 0 spiro atoms. The maximum Gasteiger partial charge on any atom is 0.0859 e. The first-order valence-electron chi connectivity index (χ1n) is 18.0. The van der Waals surface area contributed by atoms with Crippen LogP contribution in [0.5, 0.6) is 0 Å². The lowest BCUT2D eigenvalue weighted by Crippen LogP contribution is -2.21. The van der Waals surface area contributed by atoms with Crippen LogP contribution < -0.4 is 4.90 Å². The standard InChI is InChI=1S/C49H34N4/c1-50-43-23-10-13-26-48(43)52-32-37-30-49-42(31-41(37)39-21-8-11-24-46(39)52)40-22-9-12-25-47(40)53(49)38-20-14-19-35(27-38)45-29-36(33-15-4-2-5-16-33)28-44(51-45)34-17-6-3-7-18-34/h2-31H,1,32H2. The normalized spacial score (nSPS) is 12.1. The lowest BCUT2D eigenvalue weighted by atomic mass is 9.91. The molecule has 0 fully saturated rings. The highest BCUT2D eigenvalue weighted by atomic mass is 15.2. The Balaban J connectivity index is 1.16. The summed E-state index contributed by atoms with van der Waals surface area (Å²) in [4.78, 5) is 12.0. The first kappa shape index (κ1) is 30.8. The Kier molecular flexibility index (Phi) is 7.33. The van der Waals surface area contributed by atoms with E-state index in [1.165, 1.54) is 49.7 Å². The van der Waals surface area contributed by atoms with Crippen molar-refractivity contribution in [2.75, 3.05) is 4.90 Å². The predicted molar refractivity (Wildman–Crippen MR) is 222 cm³/mol. The summed E-state index contributed by atoms with van der Waals surface area (Å²) in [5.41, 5.74) is 16.6. The number of aliphatic imine (C=N–C) groups is 1. The molecule has 2 aromatic heterocycles. The van der Waals surface area contributed by atoms with Crippen LogP contribution in [0.1, 0.15) is 5.56 Å². The van der Waals surface area contributed by atoms with E-state index in [0.29, 0.717) is 0 Å². The maximum absolute atomic E-state index is 5.25. The number of aromatic nitrogens is 2. The Bertz CT molecular complexity index is 2780. The molecule has 0 saturated heterocycles. The van der Waals surface area contributed by atoms with Gasteiger partial charge in [-0.3, -0.25) is 4.99 Å². The summed E-state index contributed by atoms with van der Waals surface area (Å²) in [5, 5.41) is 2.46. The monoisotopic (exact) mass is 678 g/mol. The third-order valence-corrected chi connectivity index (χ3v) is 10.5. The first-order valence-corrected chi connectivity index (χ1v) is 18.0. The summed E-state index contributed by atoms with van der Waals surface area (Å²) in [7, 11) is 0. The molecule has 250 valence electrons. The van der Waals surface area contributed by atoms with Crippen molar-refractivity contribution in [1.82, 2.24) is 9.55 Å². The average molecular weight is 679 g/mol. The van der Waals surface area contributed by atoms with Crippen LogP contribution >= 0.6 is 0 Å². The van der Waals surface area contributed by atoms with Crippen molar-refractivity contribution in [2.24, 2.45) is 4.99 Å². The molecule has 0 bridgehead atoms. The SMILES string of the molecule is C=Nc1ccccc1N1Cc2cc3c(cc2-c2ccccc21)c1ccccc1n3-c1cccc(-c2cc(-c3ccccc3)cc(-c3ccccc3)n2)c1. The summed E-state index contributed by atoms with van der Waals surface area (Å²) < 4.78 is 2.41. The molecule has 3 heterocycles. The van der Waals surface area contributed by atoms with E-state index in [4.69, 9.17) is 4.98 Å². The number of anilines is 2. The van der Waals surface area contributed by atoms with Crippen LogP contribution in [0.15, 0.2) is 187 Å². The summed E-state index contributed by atoms with van der Waals surface area (Å²) in [5.74, 6) is 0. The van der Waals surface area contributed by atoms with Crippen molar-refractivity contribution in [3.63, 3.8) is 0 Å². The predicted octanol–water partition coefficient (Wildman–Crippen LogP) is 12.8. The summed E-state index contributed by atoms with van der Waals surface area (Å²) in [6.45, 7) is 4.60. The van der Waals surface area contributed by atoms with E-state index in [1.807, 2.05) is 18.2 Å². The number of nitrogens with zero attached hydrogens (tertiary/aromatic N) is 4. The number of hydrogen-bond donors (Lipinski definition) is 0. The zero-order valence-corrected chi connectivity index (χ0v) is 29.0. The molecule has 0 radical (unpaired) electrons. The highest BCUT2D eigenvalue weighted by Crippen LogP contribution is 2.47. The van der Waals surface area contributed by atoms with Crippen LogP contribution in [0.4, 0.5) is 17.1 Å². The van der Waals surface area contributed by atoms with Crippen LogP contribution in [0.25, 0.3) is 72.3 Å². The largest absolute Gasteiger partial charge is 0.335 e. The number of hydrogen-bond acceptors (Lipinski definition) is 3. The second-order valence-electron chi connectivity index (χ2n) is 13.5. The van der Waals surface area contributed by atoms with E-state index in [-0.39, 0.29) is 0 Å². The van der Waals surface area contributed by atoms with Crippen molar-refractivity contribution >= 4 is 45.6 Å². The maximum atomic E-state index is 5.25. The molecule has 1 aliphatic heterocycles. The summed E-state index contributed by atoms with van der Waals surface area (Å²) >= 11 is 0. The highest BCUT2D eigenvalue weighted by Gasteiger charge is 2.26. The molecule has 10 rings (SSSR count). The fourth-order valence-electron chi connectivity index (χ4n) is 7.99. The van der Waals surface area contributed by atoms with Crippen molar-refractivity contribution in [3.05, 3.63) is 188 Å². The smallest absolute Gasteiger partial charge is 0.0859 e. The molecule has 0 saturated carbocycles. The van der Waals surface area contributed by atoms with E-state index in [2.05, 4.69) is 185 Å². The fraction of sp³-hybridized carbons (Fsp3) is 0.0204. The second kappa shape index (κ2) is 12.6. The first-order chi connectivity index (χ1) is 26.2. The van der Waals surface area contributed by atoms with E-state index < -0.39 is 0 Å². The zero-order valence-electron chi connectivity index (χ0n) is 29.0. The lowest BCUT2D eigenvalue weighted by Gasteiger charge is -2.33. The molecule has 53 heavy (non-hydrogen) atoms. The van der Waals surface area contributed by atoms with Crippen LogP contribution in [0.3, 0.4) is 0 Å². The third kappa shape index (κ3) is 5.23. The van der Waals surface area contributed by atoms with Crippen LogP contribution in [-0.4, -0.2) is 16.3 Å². The van der Waals surface area contributed by atoms with Gasteiger partial charge in [-0.2, -0.15) is 0 Å². The molecule has 0 amide bonds. The van der Waals surface area contributed by atoms with Crippen molar-refractivity contribution in [3.8, 4) is 50.5 Å². The van der Waals surface area contributed by atoms with Crippen LogP contribution in [-0.2, 0) is 6.54 Å². The molecule has 0 aliphatic carbocycles. The number of rotatable bonds is 6. The molecular formula is C49H34N4. The molecule has 9 aromatic rings. The van der Waals surface area contributed by atoms with Gasteiger partial charge < -0.3 is 9.47 Å². The molecule has 1 aliphatic rings. The minimum absolute atomic E-state index is 0.717. The molecule has 0 unspecified atom stereocenters. The van der Waals surface area contributed by atoms with Gasteiger partial charge in [0, 0.05) is 45.4 Å². The molecule has 7 aromatic carbocycles. The number of pyridine rings is 1. The van der Waals surface area contributed by atoms with Gasteiger partial charge in [0.1, 0.15) is 0 Å². The fourth-order valence-corrected chi connectivity index (χ4v) is 7.99. The van der Waals surface area contributed by atoms with Gasteiger partial charge in [0.15, 0.2) is 0 Å². The Morgan fingerprint density at radius 1 is 0.472 bits per heavy atom.